The summed E-state index contributed by atoms with van der Waals surface area (Å²) in [5.41, 5.74) is 8.17. The number of amides is 4. The van der Waals surface area contributed by atoms with Crippen LogP contribution in [0.15, 0.2) is 73.2 Å². The van der Waals surface area contributed by atoms with Crippen molar-refractivity contribution in [1.82, 2.24) is 20.2 Å². The molecule has 1 aliphatic carbocycles. The van der Waals surface area contributed by atoms with Crippen LogP contribution in [0.25, 0.3) is 0 Å². The molecule has 0 radical (unpaired) electrons. The smallest absolute Gasteiger partial charge is 0.325 e. The maximum Gasteiger partial charge on any atom is 0.325 e. The van der Waals surface area contributed by atoms with E-state index in [2.05, 4.69) is 15.3 Å². The summed E-state index contributed by atoms with van der Waals surface area (Å²) in [6.07, 6.45) is 7.22. The average molecular weight is 485 g/mol. The minimum absolute atomic E-state index is 0.263. The Morgan fingerprint density at radius 2 is 1.92 bits per heavy atom. The van der Waals surface area contributed by atoms with E-state index in [1.807, 2.05) is 42.5 Å². The van der Waals surface area contributed by atoms with Gasteiger partial charge in [-0.2, -0.15) is 0 Å². The van der Waals surface area contributed by atoms with E-state index in [1.165, 1.54) is 4.90 Å². The molecule has 36 heavy (non-hydrogen) atoms. The van der Waals surface area contributed by atoms with Crippen molar-refractivity contribution in [3.8, 4) is 0 Å². The first-order valence-corrected chi connectivity index (χ1v) is 12.0. The van der Waals surface area contributed by atoms with E-state index in [-0.39, 0.29) is 30.2 Å². The van der Waals surface area contributed by atoms with Gasteiger partial charge in [0.15, 0.2) is 0 Å². The van der Waals surface area contributed by atoms with Crippen molar-refractivity contribution in [3.05, 3.63) is 84.3 Å². The minimum atomic E-state index is -0.939. The fourth-order valence-electron chi connectivity index (χ4n) is 4.77. The van der Waals surface area contributed by atoms with Crippen LogP contribution in [0.5, 0.6) is 0 Å². The molecule has 5 rings (SSSR count). The Hall–Kier alpha value is -4.27. The van der Waals surface area contributed by atoms with Crippen molar-refractivity contribution in [2.24, 2.45) is 11.8 Å². The van der Waals surface area contributed by atoms with Crippen LogP contribution >= 0.6 is 0 Å². The zero-order valence-corrected chi connectivity index (χ0v) is 19.9. The lowest BCUT2D eigenvalue weighted by atomic mass is 9.81. The predicted molar refractivity (Wildman–Crippen MR) is 135 cm³/mol. The highest BCUT2D eigenvalue weighted by Gasteiger charge is 2.55. The number of nitrogens with one attached hydrogen (secondary N) is 1. The van der Waals surface area contributed by atoms with Crippen LogP contribution in [-0.4, -0.2) is 45.8 Å². The lowest BCUT2D eigenvalue weighted by Gasteiger charge is -2.46. The molecule has 9 heteroatoms. The van der Waals surface area contributed by atoms with Gasteiger partial charge in [-0.1, -0.05) is 24.3 Å². The normalized spacial score (nSPS) is 19.8. The molecule has 1 unspecified atom stereocenters. The average Bonchev–Trinajstić information content (AvgIpc) is 3.74. The van der Waals surface area contributed by atoms with Crippen molar-refractivity contribution >= 4 is 29.4 Å². The SMILES string of the molecule is CN(C(=O)[C@@H]1[C@@H](Cc2ccnc(N)c2)C(=O)N1C(=O)NC(c1cccnc1)C1CC1)c1ccccc1. The number of nitrogen functional groups attached to an aromatic ring is 1. The van der Waals surface area contributed by atoms with Gasteiger partial charge < -0.3 is 16.0 Å². The van der Waals surface area contributed by atoms with Gasteiger partial charge in [0.05, 0.1) is 12.0 Å². The van der Waals surface area contributed by atoms with Crippen LogP contribution in [0.3, 0.4) is 0 Å². The zero-order chi connectivity index (χ0) is 25.2. The lowest BCUT2D eigenvalue weighted by Crippen LogP contribution is -2.70. The number of rotatable bonds is 7. The maximum atomic E-state index is 13.7. The molecule has 1 saturated heterocycles. The van der Waals surface area contributed by atoms with Crippen LogP contribution in [0.2, 0.25) is 0 Å². The summed E-state index contributed by atoms with van der Waals surface area (Å²) in [6.45, 7) is 0. The molecule has 3 aromatic rings. The van der Waals surface area contributed by atoms with Gasteiger partial charge in [-0.15, -0.1) is 0 Å². The van der Waals surface area contributed by atoms with E-state index >= 15 is 0 Å². The van der Waals surface area contributed by atoms with Gasteiger partial charge in [-0.3, -0.25) is 19.5 Å². The number of para-hydroxylation sites is 1. The van der Waals surface area contributed by atoms with Crippen molar-refractivity contribution in [2.75, 3.05) is 17.7 Å². The number of likely N-dealkylation sites (tertiary alicyclic amines) is 1. The summed E-state index contributed by atoms with van der Waals surface area (Å²) in [6, 6.07) is 14.6. The molecule has 1 aromatic carbocycles. The molecule has 0 bridgehead atoms. The number of likely N-dealkylation sites (N-methyl/N-ethyl adjacent to an activating group) is 1. The van der Waals surface area contributed by atoms with Crippen molar-refractivity contribution < 1.29 is 14.4 Å². The summed E-state index contributed by atoms with van der Waals surface area (Å²) >= 11 is 0. The van der Waals surface area contributed by atoms with E-state index < -0.39 is 18.0 Å². The van der Waals surface area contributed by atoms with Gasteiger partial charge in [0.2, 0.25) is 5.91 Å². The molecule has 2 aliphatic rings. The summed E-state index contributed by atoms with van der Waals surface area (Å²) in [5.74, 6) is -0.780. The number of urea groups is 1. The molecule has 1 saturated carbocycles. The molecule has 3 N–H and O–H groups in total. The fraction of sp³-hybridized carbons (Fsp3) is 0.296. The number of nitrogens with zero attached hydrogens (tertiary/aromatic N) is 4. The van der Waals surface area contributed by atoms with E-state index in [9.17, 15) is 14.4 Å². The molecule has 184 valence electrons. The molecule has 0 spiro atoms. The third-order valence-corrected chi connectivity index (χ3v) is 6.88. The predicted octanol–water partition coefficient (Wildman–Crippen LogP) is 2.95. The van der Waals surface area contributed by atoms with E-state index in [0.717, 1.165) is 28.9 Å². The fourth-order valence-corrected chi connectivity index (χ4v) is 4.77. The number of nitrogens with two attached hydrogens (primary N) is 1. The van der Waals surface area contributed by atoms with Gasteiger partial charge in [0.25, 0.3) is 5.91 Å². The summed E-state index contributed by atoms with van der Waals surface area (Å²) in [7, 11) is 1.65. The molecule has 2 aromatic heterocycles. The number of anilines is 2. The number of carbonyl (C=O) groups is 3. The molecular weight excluding hydrogens is 456 g/mol. The first-order valence-electron chi connectivity index (χ1n) is 12.0. The molecule has 2 fully saturated rings. The minimum Gasteiger partial charge on any atom is -0.384 e. The zero-order valence-electron chi connectivity index (χ0n) is 19.9. The number of benzene rings is 1. The highest BCUT2D eigenvalue weighted by molar-refractivity contribution is 6.12. The van der Waals surface area contributed by atoms with Crippen molar-refractivity contribution in [2.45, 2.75) is 31.3 Å². The van der Waals surface area contributed by atoms with Crippen molar-refractivity contribution in [1.29, 1.82) is 0 Å². The second-order valence-electron chi connectivity index (χ2n) is 9.34. The number of aromatic nitrogens is 2. The molecule has 4 amide bonds. The first-order chi connectivity index (χ1) is 17.4. The molecule has 3 atom stereocenters. The maximum absolute atomic E-state index is 13.7. The molecular formula is C27H28N6O3. The van der Waals surface area contributed by atoms with Gasteiger partial charge in [0.1, 0.15) is 11.9 Å². The molecule has 1 aliphatic heterocycles. The highest BCUT2D eigenvalue weighted by atomic mass is 16.2. The van der Waals surface area contributed by atoms with Gasteiger partial charge in [0, 0.05) is 31.3 Å². The second kappa shape index (κ2) is 9.77. The Labute approximate surface area is 209 Å². The van der Waals surface area contributed by atoms with Crippen LogP contribution in [0.1, 0.15) is 30.0 Å². The Morgan fingerprint density at radius 1 is 1.14 bits per heavy atom. The Kier molecular flexibility index (Phi) is 6.37. The molecule has 9 nitrogen and oxygen atoms in total. The highest BCUT2D eigenvalue weighted by Crippen LogP contribution is 2.41. The van der Waals surface area contributed by atoms with Gasteiger partial charge >= 0.3 is 6.03 Å². The van der Waals surface area contributed by atoms with Gasteiger partial charge in [-0.05, 0) is 66.6 Å². The molecule has 3 heterocycles. The van der Waals surface area contributed by atoms with E-state index in [1.54, 1.807) is 37.8 Å². The second-order valence-corrected chi connectivity index (χ2v) is 9.34. The summed E-state index contributed by atoms with van der Waals surface area (Å²) in [4.78, 5) is 51.2. The quantitative estimate of drug-likeness (QED) is 0.498. The Balaban J connectivity index is 1.41. The number of β-lactam (4-membered cyclic amide) rings is 1. The number of hydrogen-bond acceptors (Lipinski definition) is 6. The van der Waals surface area contributed by atoms with E-state index in [4.69, 9.17) is 5.73 Å². The monoisotopic (exact) mass is 484 g/mol. The van der Waals surface area contributed by atoms with Crippen LogP contribution in [0, 0.1) is 11.8 Å². The number of imide groups is 1. The Bertz CT molecular complexity index is 1260. The summed E-state index contributed by atoms with van der Waals surface area (Å²) in [5, 5.41) is 3.01. The van der Waals surface area contributed by atoms with Gasteiger partial charge in [-0.25, -0.2) is 9.78 Å². The third-order valence-electron chi connectivity index (χ3n) is 6.88. The van der Waals surface area contributed by atoms with Crippen LogP contribution < -0.4 is 16.0 Å². The third kappa shape index (κ3) is 4.64. The first kappa shape index (κ1) is 23.5. The number of carbonyl (C=O) groups excluding carboxylic acids is 3. The number of pyridine rings is 2. The van der Waals surface area contributed by atoms with Crippen LogP contribution in [-0.2, 0) is 16.0 Å². The standard InChI is InChI=1S/C27H28N6O3/c1-32(20-7-3-2-4-8-20)26(35)24-21(14-17-11-13-30-22(28)15-17)25(34)33(24)27(36)31-23(18-9-10-18)19-6-5-12-29-16-19/h2-8,11-13,15-16,18,21,23-24H,9-10,14H2,1H3,(H2,28,30)(H,31,36)/t21-,23?,24+/m1/s1. The topological polar surface area (TPSA) is 122 Å². The largest absolute Gasteiger partial charge is 0.384 e. The Morgan fingerprint density at radius 3 is 2.58 bits per heavy atom. The van der Waals surface area contributed by atoms with E-state index in [0.29, 0.717) is 11.5 Å². The number of hydrogen-bond donors (Lipinski definition) is 2. The lowest BCUT2D eigenvalue weighted by molar-refractivity contribution is -0.156. The summed E-state index contributed by atoms with van der Waals surface area (Å²) < 4.78 is 0. The van der Waals surface area contributed by atoms with Crippen LogP contribution in [0.4, 0.5) is 16.3 Å². The van der Waals surface area contributed by atoms with Crippen molar-refractivity contribution in [3.63, 3.8) is 0 Å².